The number of aromatic amines is 1. The number of nitrogens with one attached hydrogen (secondary N) is 2. The first-order valence-electron chi connectivity index (χ1n) is 8.99. The average molecular weight is 358 g/mol. The number of benzene rings is 1. The highest BCUT2D eigenvalue weighted by Crippen LogP contribution is 2.27. The number of nitrogens with zero attached hydrogens (tertiary/aromatic N) is 2. The lowest BCUT2D eigenvalue weighted by molar-refractivity contribution is -0.121. The van der Waals surface area contributed by atoms with Crippen LogP contribution in [0.25, 0.3) is 10.9 Å². The number of likely N-dealkylation sites (tertiary alicyclic amines) is 1. The van der Waals surface area contributed by atoms with E-state index in [1.165, 1.54) is 0 Å². The smallest absolute Gasteiger partial charge is 0.270 e. The first kappa shape index (κ1) is 18.3. The van der Waals surface area contributed by atoms with Crippen LogP contribution in [-0.4, -0.2) is 71.5 Å². The first-order valence-corrected chi connectivity index (χ1v) is 8.99. The molecule has 7 heteroatoms. The minimum Gasteiger partial charge on any atom is -0.507 e. The van der Waals surface area contributed by atoms with E-state index in [0.29, 0.717) is 24.2 Å². The van der Waals surface area contributed by atoms with Crippen LogP contribution in [0.15, 0.2) is 24.3 Å². The van der Waals surface area contributed by atoms with E-state index in [9.17, 15) is 14.7 Å². The third-order valence-corrected chi connectivity index (χ3v) is 4.77. The minimum absolute atomic E-state index is 0.00281. The highest BCUT2D eigenvalue weighted by molar-refractivity contribution is 5.99. The van der Waals surface area contributed by atoms with Crippen LogP contribution in [-0.2, 0) is 4.79 Å². The number of hydrogen-bond donors (Lipinski definition) is 3. The standard InChI is InChI=1S/C19H26N4O3/c1-22(2)12-18(25)20-9-8-13-5-4-10-23(13)19(26)16-11-14-15(21-16)6-3-7-17(14)24/h3,6-7,11,13,21,24H,4-5,8-10,12H2,1-2H3,(H,20,25)/t13-/m1/s1. The zero-order valence-electron chi connectivity index (χ0n) is 15.3. The SMILES string of the molecule is CN(C)CC(=O)NCC[C@H]1CCCN1C(=O)c1cc2c(O)cccc2[nH]1. The Labute approximate surface area is 153 Å². The summed E-state index contributed by atoms with van der Waals surface area (Å²) >= 11 is 0. The molecule has 0 bridgehead atoms. The molecule has 2 aromatic rings. The van der Waals surface area contributed by atoms with Gasteiger partial charge in [0.1, 0.15) is 11.4 Å². The number of H-pyrrole nitrogens is 1. The lowest BCUT2D eigenvalue weighted by Gasteiger charge is -2.24. The summed E-state index contributed by atoms with van der Waals surface area (Å²) in [5.74, 6) is 0.110. The van der Waals surface area contributed by atoms with Crippen molar-refractivity contribution in [2.75, 3.05) is 33.7 Å². The van der Waals surface area contributed by atoms with Gasteiger partial charge in [0, 0.05) is 30.0 Å². The fraction of sp³-hybridized carbons (Fsp3) is 0.474. The summed E-state index contributed by atoms with van der Waals surface area (Å²) in [6, 6.07) is 7.04. The van der Waals surface area contributed by atoms with Crippen molar-refractivity contribution in [3.05, 3.63) is 30.0 Å². The molecule has 0 radical (unpaired) electrons. The van der Waals surface area contributed by atoms with Gasteiger partial charge < -0.3 is 25.2 Å². The van der Waals surface area contributed by atoms with Crippen LogP contribution in [0.1, 0.15) is 29.8 Å². The van der Waals surface area contributed by atoms with Gasteiger partial charge in [0.05, 0.1) is 6.54 Å². The zero-order chi connectivity index (χ0) is 18.7. The molecule has 0 unspecified atom stereocenters. The summed E-state index contributed by atoms with van der Waals surface area (Å²) in [4.78, 5) is 31.4. The average Bonchev–Trinajstić information content (AvgIpc) is 3.21. The molecule has 2 amide bonds. The molecule has 2 heterocycles. The summed E-state index contributed by atoms with van der Waals surface area (Å²) in [7, 11) is 3.71. The molecule has 1 aromatic carbocycles. The lowest BCUT2D eigenvalue weighted by atomic mass is 10.1. The van der Waals surface area contributed by atoms with Crippen molar-refractivity contribution in [3.63, 3.8) is 0 Å². The molecular weight excluding hydrogens is 332 g/mol. The van der Waals surface area contributed by atoms with Crippen molar-refractivity contribution in [3.8, 4) is 5.75 Å². The van der Waals surface area contributed by atoms with E-state index < -0.39 is 0 Å². The lowest BCUT2D eigenvalue weighted by Crippen LogP contribution is -2.39. The van der Waals surface area contributed by atoms with E-state index in [1.807, 2.05) is 30.0 Å². The maximum atomic E-state index is 12.9. The van der Waals surface area contributed by atoms with Crippen LogP contribution in [0.3, 0.4) is 0 Å². The number of amides is 2. The van der Waals surface area contributed by atoms with Gasteiger partial charge in [-0.25, -0.2) is 0 Å². The number of likely N-dealkylation sites (N-methyl/N-ethyl adjacent to an activating group) is 1. The van der Waals surface area contributed by atoms with Crippen LogP contribution in [0.5, 0.6) is 5.75 Å². The number of aromatic nitrogens is 1. The Morgan fingerprint density at radius 3 is 2.92 bits per heavy atom. The van der Waals surface area contributed by atoms with E-state index in [1.54, 1.807) is 18.2 Å². The normalized spacial score (nSPS) is 17.2. The second-order valence-electron chi connectivity index (χ2n) is 7.09. The number of aromatic hydroxyl groups is 1. The summed E-state index contributed by atoms with van der Waals surface area (Å²) in [5.41, 5.74) is 1.24. The van der Waals surface area contributed by atoms with Crippen molar-refractivity contribution in [1.82, 2.24) is 20.1 Å². The molecule has 1 aliphatic rings. The van der Waals surface area contributed by atoms with E-state index in [0.717, 1.165) is 31.3 Å². The van der Waals surface area contributed by atoms with Crippen molar-refractivity contribution >= 4 is 22.7 Å². The largest absolute Gasteiger partial charge is 0.507 e. The third-order valence-electron chi connectivity index (χ3n) is 4.77. The van der Waals surface area contributed by atoms with Crippen LogP contribution in [0.2, 0.25) is 0 Å². The van der Waals surface area contributed by atoms with Crippen LogP contribution in [0, 0.1) is 0 Å². The van der Waals surface area contributed by atoms with Crippen molar-refractivity contribution in [1.29, 1.82) is 0 Å². The molecule has 1 aliphatic heterocycles. The Morgan fingerprint density at radius 1 is 1.38 bits per heavy atom. The summed E-state index contributed by atoms with van der Waals surface area (Å²) < 4.78 is 0. The molecule has 1 aromatic heterocycles. The fourth-order valence-corrected chi connectivity index (χ4v) is 3.53. The van der Waals surface area contributed by atoms with Gasteiger partial charge >= 0.3 is 0 Å². The monoisotopic (exact) mass is 358 g/mol. The number of rotatable bonds is 6. The number of phenols is 1. The van der Waals surface area contributed by atoms with Gasteiger partial charge in [-0.2, -0.15) is 0 Å². The van der Waals surface area contributed by atoms with Crippen molar-refractivity contribution in [2.24, 2.45) is 0 Å². The molecule has 0 aliphatic carbocycles. The van der Waals surface area contributed by atoms with E-state index in [4.69, 9.17) is 0 Å². The Kier molecular flexibility index (Phi) is 5.46. The van der Waals surface area contributed by atoms with E-state index in [2.05, 4.69) is 10.3 Å². The number of fused-ring (bicyclic) bond motifs is 1. The fourth-order valence-electron chi connectivity index (χ4n) is 3.53. The number of hydrogen-bond acceptors (Lipinski definition) is 4. The molecule has 3 rings (SSSR count). The van der Waals surface area contributed by atoms with Gasteiger partial charge in [-0.1, -0.05) is 6.07 Å². The third kappa shape index (κ3) is 3.99. The molecule has 0 saturated carbocycles. The Balaban J connectivity index is 1.62. The van der Waals surface area contributed by atoms with Gasteiger partial charge in [-0.3, -0.25) is 9.59 Å². The highest BCUT2D eigenvalue weighted by Gasteiger charge is 2.30. The van der Waals surface area contributed by atoms with Crippen LogP contribution in [0.4, 0.5) is 0 Å². The van der Waals surface area contributed by atoms with Crippen molar-refractivity contribution in [2.45, 2.75) is 25.3 Å². The number of carbonyl (C=O) groups excluding carboxylic acids is 2. The number of carbonyl (C=O) groups is 2. The summed E-state index contributed by atoms with van der Waals surface area (Å²) in [6.45, 7) is 1.65. The van der Waals surface area contributed by atoms with E-state index >= 15 is 0 Å². The quantitative estimate of drug-likeness (QED) is 0.731. The predicted molar refractivity (Wildman–Crippen MR) is 100 cm³/mol. The molecule has 140 valence electrons. The highest BCUT2D eigenvalue weighted by atomic mass is 16.3. The van der Waals surface area contributed by atoms with Crippen molar-refractivity contribution < 1.29 is 14.7 Å². The molecule has 0 spiro atoms. The zero-order valence-corrected chi connectivity index (χ0v) is 15.3. The second kappa shape index (κ2) is 7.78. The first-order chi connectivity index (χ1) is 12.5. The minimum atomic E-state index is -0.0530. The van der Waals surface area contributed by atoms with Gasteiger partial charge in [0.25, 0.3) is 5.91 Å². The molecule has 1 fully saturated rings. The van der Waals surface area contributed by atoms with E-state index in [-0.39, 0.29) is 23.6 Å². The maximum absolute atomic E-state index is 12.9. The molecule has 7 nitrogen and oxygen atoms in total. The van der Waals surface area contributed by atoms with Gasteiger partial charge in [0.15, 0.2) is 0 Å². The van der Waals surface area contributed by atoms with Gasteiger partial charge in [-0.05, 0) is 51.6 Å². The Hall–Kier alpha value is -2.54. The predicted octanol–water partition coefficient (Wildman–Crippen LogP) is 1.55. The number of phenolic OH excluding ortho intramolecular Hbond substituents is 1. The molecule has 26 heavy (non-hydrogen) atoms. The van der Waals surface area contributed by atoms with Gasteiger partial charge in [0.2, 0.25) is 5.91 Å². The Bertz CT molecular complexity index is 799. The Morgan fingerprint density at radius 2 is 2.19 bits per heavy atom. The molecule has 1 saturated heterocycles. The molecule has 3 N–H and O–H groups in total. The molecular formula is C19H26N4O3. The second-order valence-corrected chi connectivity index (χ2v) is 7.09. The summed E-state index contributed by atoms with van der Waals surface area (Å²) in [5, 5.41) is 13.5. The van der Waals surface area contributed by atoms with Crippen LogP contribution >= 0.6 is 0 Å². The topological polar surface area (TPSA) is 88.7 Å². The van der Waals surface area contributed by atoms with Crippen LogP contribution < -0.4 is 5.32 Å². The molecule has 1 atom stereocenters. The summed E-state index contributed by atoms with van der Waals surface area (Å²) in [6.07, 6.45) is 2.66. The van der Waals surface area contributed by atoms with Gasteiger partial charge in [-0.15, -0.1) is 0 Å². The maximum Gasteiger partial charge on any atom is 0.270 e.